The van der Waals surface area contributed by atoms with Gasteiger partial charge in [-0.05, 0) is 42.9 Å². The summed E-state index contributed by atoms with van der Waals surface area (Å²) >= 11 is 1.51. The molecule has 0 amide bonds. The topological polar surface area (TPSA) is 23.8 Å². The Bertz CT molecular complexity index is 173. The van der Waals surface area contributed by atoms with E-state index in [9.17, 15) is 0 Å². The van der Waals surface area contributed by atoms with Gasteiger partial charge in [-0.1, -0.05) is 6.42 Å². The molecule has 2 aliphatic carbocycles. The molecular weight excluding hydrogens is 142 g/mol. The lowest BCUT2D eigenvalue weighted by Gasteiger charge is -2.54. The van der Waals surface area contributed by atoms with E-state index in [1.165, 1.54) is 43.9 Å². The van der Waals surface area contributed by atoms with Gasteiger partial charge in [-0.25, -0.2) is 0 Å². The average Bonchev–Trinajstić information content (AvgIpc) is 1.77. The molecule has 0 N–H and O–H groups in total. The molecule has 0 saturated heterocycles. The first-order valence-electron chi connectivity index (χ1n) is 3.92. The molecule has 0 aromatic heterocycles. The van der Waals surface area contributed by atoms with Gasteiger partial charge in [0.1, 0.15) is 5.40 Å². The van der Waals surface area contributed by atoms with E-state index in [4.69, 9.17) is 5.26 Å². The molecule has 1 atom stereocenters. The fourth-order valence-corrected chi connectivity index (χ4v) is 3.09. The lowest BCUT2D eigenvalue weighted by Crippen LogP contribution is -2.47. The molecule has 0 aliphatic heterocycles. The summed E-state index contributed by atoms with van der Waals surface area (Å²) in [6.07, 6.45) is 6.88. The largest absolute Gasteiger partial charge is 0.185 e. The summed E-state index contributed by atoms with van der Waals surface area (Å²) in [5, 5.41) is 11.4. The Labute approximate surface area is 65.8 Å². The summed E-state index contributed by atoms with van der Waals surface area (Å²) in [5.74, 6) is 0. The highest BCUT2D eigenvalue weighted by Gasteiger charge is 2.50. The number of thiocyanates is 1. The molecule has 0 aromatic rings. The highest BCUT2D eigenvalue weighted by atomic mass is 32.2. The highest BCUT2D eigenvalue weighted by Crippen LogP contribution is 2.60. The summed E-state index contributed by atoms with van der Waals surface area (Å²) in [6.45, 7) is 0. The molecule has 2 aliphatic rings. The van der Waals surface area contributed by atoms with Crippen LogP contribution in [0, 0.1) is 16.1 Å². The number of hydrogen-bond acceptors (Lipinski definition) is 2. The Balaban J connectivity index is 1.94. The van der Waals surface area contributed by atoms with Crippen LogP contribution < -0.4 is 0 Å². The van der Waals surface area contributed by atoms with E-state index in [-0.39, 0.29) is 0 Å². The van der Waals surface area contributed by atoms with E-state index < -0.39 is 0 Å². The van der Waals surface area contributed by atoms with Crippen molar-refractivity contribution in [3.05, 3.63) is 0 Å². The summed E-state index contributed by atoms with van der Waals surface area (Å²) in [6, 6.07) is 0. The number of thioether (sulfide) groups is 1. The summed E-state index contributed by atoms with van der Waals surface area (Å²) in [7, 11) is 0. The van der Waals surface area contributed by atoms with Gasteiger partial charge in [0.25, 0.3) is 0 Å². The fourth-order valence-electron chi connectivity index (χ4n) is 2.12. The molecule has 1 nitrogen and oxygen atoms in total. The number of rotatable bonds is 1. The van der Waals surface area contributed by atoms with Crippen LogP contribution in [0.2, 0.25) is 0 Å². The van der Waals surface area contributed by atoms with Gasteiger partial charge in [0, 0.05) is 5.25 Å². The van der Waals surface area contributed by atoms with E-state index >= 15 is 0 Å². The molecule has 1 unspecified atom stereocenters. The standard InChI is InChI=1S/C8H11NS/c9-6-10-7-2-5-8(7)3-1-4-8/h7H,1-5H2. The summed E-state index contributed by atoms with van der Waals surface area (Å²) in [4.78, 5) is 0. The van der Waals surface area contributed by atoms with Crippen LogP contribution in [0.3, 0.4) is 0 Å². The third-order valence-electron chi connectivity index (χ3n) is 3.13. The second-order valence-electron chi connectivity index (χ2n) is 3.45. The van der Waals surface area contributed by atoms with Gasteiger partial charge in [-0.3, -0.25) is 0 Å². The zero-order valence-corrected chi connectivity index (χ0v) is 6.78. The van der Waals surface area contributed by atoms with Crippen LogP contribution in [-0.2, 0) is 0 Å². The van der Waals surface area contributed by atoms with E-state index in [1.54, 1.807) is 0 Å². The zero-order valence-electron chi connectivity index (χ0n) is 5.97. The normalized spacial score (nSPS) is 34.1. The van der Waals surface area contributed by atoms with Crippen LogP contribution in [0.1, 0.15) is 32.1 Å². The smallest absolute Gasteiger partial charge is 0.133 e. The lowest BCUT2D eigenvalue weighted by atomic mass is 9.56. The molecule has 0 aromatic carbocycles. The van der Waals surface area contributed by atoms with E-state index in [0.29, 0.717) is 10.7 Å². The van der Waals surface area contributed by atoms with Gasteiger partial charge in [0.15, 0.2) is 0 Å². The molecule has 2 rings (SSSR count). The van der Waals surface area contributed by atoms with Gasteiger partial charge >= 0.3 is 0 Å². The zero-order chi connectivity index (χ0) is 7.03. The Hall–Kier alpha value is -0.160. The molecule has 0 heterocycles. The molecule has 1 spiro atoms. The molecule has 0 radical (unpaired) electrons. The van der Waals surface area contributed by atoms with Crippen molar-refractivity contribution in [3.8, 4) is 5.40 Å². The molecule has 0 bridgehead atoms. The minimum Gasteiger partial charge on any atom is -0.185 e. The van der Waals surface area contributed by atoms with Crippen molar-refractivity contribution < 1.29 is 0 Å². The third kappa shape index (κ3) is 0.703. The van der Waals surface area contributed by atoms with Gasteiger partial charge in [-0.15, -0.1) is 0 Å². The first-order chi connectivity index (χ1) is 4.87. The van der Waals surface area contributed by atoms with E-state index in [0.717, 1.165) is 0 Å². The van der Waals surface area contributed by atoms with Gasteiger partial charge < -0.3 is 0 Å². The number of hydrogen-bond donors (Lipinski definition) is 0. The molecular formula is C8H11NS. The Morgan fingerprint density at radius 2 is 2.20 bits per heavy atom. The van der Waals surface area contributed by atoms with Crippen LogP contribution in [0.5, 0.6) is 0 Å². The highest BCUT2D eigenvalue weighted by molar-refractivity contribution is 8.04. The van der Waals surface area contributed by atoms with Crippen LogP contribution in [0.4, 0.5) is 0 Å². The van der Waals surface area contributed by atoms with Crippen molar-refractivity contribution in [3.63, 3.8) is 0 Å². The monoisotopic (exact) mass is 153 g/mol. The van der Waals surface area contributed by atoms with E-state index in [2.05, 4.69) is 5.40 Å². The maximum absolute atomic E-state index is 8.47. The SMILES string of the molecule is N#CSC1CCC12CCC2. The maximum Gasteiger partial charge on any atom is 0.133 e. The maximum atomic E-state index is 8.47. The first-order valence-corrected chi connectivity index (χ1v) is 4.80. The van der Waals surface area contributed by atoms with Crippen molar-refractivity contribution in [2.45, 2.75) is 37.4 Å². The summed E-state index contributed by atoms with van der Waals surface area (Å²) in [5.41, 5.74) is 0.653. The lowest BCUT2D eigenvalue weighted by molar-refractivity contribution is 0.0422. The van der Waals surface area contributed by atoms with Gasteiger partial charge in [0.05, 0.1) is 0 Å². The molecule has 2 heteroatoms. The third-order valence-corrected chi connectivity index (χ3v) is 4.26. The quantitative estimate of drug-likeness (QED) is 0.540. The molecule has 54 valence electrons. The van der Waals surface area contributed by atoms with Crippen LogP contribution in [-0.4, -0.2) is 5.25 Å². The van der Waals surface area contributed by atoms with Crippen LogP contribution in [0.25, 0.3) is 0 Å². The van der Waals surface area contributed by atoms with Crippen molar-refractivity contribution in [2.75, 3.05) is 0 Å². The average molecular weight is 153 g/mol. The van der Waals surface area contributed by atoms with Crippen LogP contribution >= 0.6 is 11.8 Å². The molecule has 2 fully saturated rings. The molecule has 2 saturated carbocycles. The van der Waals surface area contributed by atoms with Crippen molar-refractivity contribution in [1.29, 1.82) is 5.26 Å². The predicted molar refractivity (Wildman–Crippen MR) is 42.5 cm³/mol. The van der Waals surface area contributed by atoms with Crippen molar-refractivity contribution in [1.82, 2.24) is 0 Å². The molecule has 10 heavy (non-hydrogen) atoms. The van der Waals surface area contributed by atoms with Crippen LogP contribution in [0.15, 0.2) is 0 Å². The second-order valence-corrected chi connectivity index (χ2v) is 4.44. The Morgan fingerprint density at radius 3 is 2.50 bits per heavy atom. The van der Waals surface area contributed by atoms with Crippen molar-refractivity contribution in [2.24, 2.45) is 5.41 Å². The van der Waals surface area contributed by atoms with Gasteiger partial charge in [-0.2, -0.15) is 5.26 Å². The van der Waals surface area contributed by atoms with E-state index in [1.807, 2.05) is 0 Å². The van der Waals surface area contributed by atoms with Crippen molar-refractivity contribution >= 4 is 11.8 Å². The minimum absolute atomic E-state index is 0.653. The second kappa shape index (κ2) is 2.17. The first kappa shape index (κ1) is 6.54. The fraction of sp³-hybridized carbons (Fsp3) is 0.875. The summed E-state index contributed by atoms with van der Waals surface area (Å²) < 4.78 is 0. The Morgan fingerprint density at radius 1 is 1.40 bits per heavy atom. The van der Waals surface area contributed by atoms with Gasteiger partial charge in [0.2, 0.25) is 0 Å². The Kier molecular flexibility index (Phi) is 1.42. The predicted octanol–water partition coefficient (Wildman–Crippen LogP) is 2.53. The minimum atomic E-state index is 0.653. The number of nitriles is 1. The number of nitrogens with zero attached hydrogens (tertiary/aromatic N) is 1.